The van der Waals surface area contributed by atoms with Gasteiger partial charge in [-0.2, -0.15) is 0 Å². The van der Waals surface area contributed by atoms with Crippen LogP contribution < -0.4 is 10.6 Å². The second-order valence-corrected chi connectivity index (χ2v) is 4.44. The van der Waals surface area contributed by atoms with Crippen LogP contribution in [-0.2, 0) is 0 Å². The zero-order chi connectivity index (χ0) is 13.8. The van der Waals surface area contributed by atoms with E-state index in [1.807, 2.05) is 0 Å². The molecule has 1 aliphatic heterocycles. The SMILES string of the molecule is Cl.O=C(N[C@H]1CCCNC1)c1ccc([N+](=O)[O-])cc1F. The number of carbonyl (C=O) groups is 1. The van der Waals surface area contributed by atoms with Crippen molar-refractivity contribution in [2.75, 3.05) is 13.1 Å². The van der Waals surface area contributed by atoms with Crippen molar-refractivity contribution >= 4 is 24.0 Å². The lowest BCUT2D eigenvalue weighted by atomic mass is 10.1. The average molecular weight is 304 g/mol. The van der Waals surface area contributed by atoms with E-state index in [1.54, 1.807) is 0 Å². The Morgan fingerprint density at radius 3 is 2.80 bits per heavy atom. The molecule has 1 fully saturated rings. The Morgan fingerprint density at radius 2 is 2.25 bits per heavy atom. The first-order valence-corrected chi connectivity index (χ1v) is 6.03. The fourth-order valence-corrected chi connectivity index (χ4v) is 2.04. The molecule has 0 unspecified atom stereocenters. The number of nitrogens with zero attached hydrogens (tertiary/aromatic N) is 1. The number of piperidine rings is 1. The lowest BCUT2D eigenvalue weighted by Gasteiger charge is -2.23. The molecule has 0 aliphatic carbocycles. The number of halogens is 2. The molecule has 1 aliphatic rings. The van der Waals surface area contributed by atoms with Gasteiger partial charge < -0.3 is 10.6 Å². The summed E-state index contributed by atoms with van der Waals surface area (Å²) in [5.41, 5.74) is -0.537. The minimum Gasteiger partial charge on any atom is -0.348 e. The molecule has 1 amide bonds. The fraction of sp³-hybridized carbons (Fsp3) is 0.417. The number of non-ortho nitro benzene ring substituents is 1. The Balaban J connectivity index is 0.00000200. The summed E-state index contributed by atoms with van der Waals surface area (Å²) in [6.07, 6.45) is 1.79. The van der Waals surface area contributed by atoms with Crippen LogP contribution in [0.1, 0.15) is 23.2 Å². The zero-order valence-corrected chi connectivity index (χ0v) is 11.4. The van der Waals surface area contributed by atoms with Crippen molar-refractivity contribution in [2.45, 2.75) is 18.9 Å². The summed E-state index contributed by atoms with van der Waals surface area (Å²) in [5.74, 6) is -1.42. The third-order valence-electron chi connectivity index (χ3n) is 3.04. The van der Waals surface area contributed by atoms with Gasteiger partial charge in [-0.05, 0) is 25.5 Å². The number of rotatable bonds is 3. The van der Waals surface area contributed by atoms with E-state index in [0.29, 0.717) is 6.54 Å². The molecule has 20 heavy (non-hydrogen) atoms. The second-order valence-electron chi connectivity index (χ2n) is 4.44. The highest BCUT2D eigenvalue weighted by atomic mass is 35.5. The van der Waals surface area contributed by atoms with Crippen LogP contribution in [0.15, 0.2) is 18.2 Å². The smallest absolute Gasteiger partial charge is 0.272 e. The molecule has 1 saturated heterocycles. The number of amides is 1. The van der Waals surface area contributed by atoms with Crippen LogP contribution in [-0.4, -0.2) is 30.0 Å². The number of hydrogen-bond acceptors (Lipinski definition) is 4. The molecule has 110 valence electrons. The molecule has 2 N–H and O–H groups in total. The standard InChI is InChI=1S/C12H14FN3O3.ClH/c13-11-6-9(16(18)19)3-4-10(11)12(17)15-8-2-1-5-14-7-8;/h3-4,6,8,14H,1-2,5,7H2,(H,15,17);1H/t8-;/m0./s1. The lowest BCUT2D eigenvalue weighted by molar-refractivity contribution is -0.385. The van der Waals surface area contributed by atoms with Gasteiger partial charge in [0.2, 0.25) is 0 Å². The van der Waals surface area contributed by atoms with Crippen LogP contribution in [0.5, 0.6) is 0 Å². The Hall–Kier alpha value is -1.73. The van der Waals surface area contributed by atoms with E-state index in [-0.39, 0.29) is 29.7 Å². The van der Waals surface area contributed by atoms with Crippen molar-refractivity contribution in [3.63, 3.8) is 0 Å². The van der Waals surface area contributed by atoms with E-state index < -0.39 is 16.6 Å². The first kappa shape index (κ1) is 16.3. The molecular weight excluding hydrogens is 289 g/mol. The molecule has 0 bridgehead atoms. The van der Waals surface area contributed by atoms with E-state index in [9.17, 15) is 19.3 Å². The topological polar surface area (TPSA) is 84.3 Å². The van der Waals surface area contributed by atoms with E-state index in [4.69, 9.17) is 0 Å². The summed E-state index contributed by atoms with van der Waals surface area (Å²) in [5, 5.41) is 16.3. The van der Waals surface area contributed by atoms with Crippen molar-refractivity contribution < 1.29 is 14.1 Å². The molecule has 0 spiro atoms. The summed E-state index contributed by atoms with van der Waals surface area (Å²) in [4.78, 5) is 21.6. The Morgan fingerprint density at radius 1 is 1.50 bits per heavy atom. The maximum atomic E-state index is 13.6. The number of benzene rings is 1. The van der Waals surface area contributed by atoms with Gasteiger partial charge in [0, 0.05) is 18.7 Å². The van der Waals surface area contributed by atoms with Crippen molar-refractivity contribution in [3.05, 3.63) is 39.7 Å². The summed E-state index contributed by atoms with van der Waals surface area (Å²) in [6, 6.07) is 2.99. The highest BCUT2D eigenvalue weighted by molar-refractivity contribution is 5.94. The minimum atomic E-state index is -0.879. The van der Waals surface area contributed by atoms with Crippen molar-refractivity contribution in [3.8, 4) is 0 Å². The molecule has 0 saturated carbocycles. The number of nitro benzene ring substituents is 1. The maximum Gasteiger partial charge on any atom is 0.272 e. The van der Waals surface area contributed by atoms with Gasteiger partial charge in [-0.3, -0.25) is 14.9 Å². The average Bonchev–Trinajstić information content (AvgIpc) is 2.39. The van der Waals surface area contributed by atoms with Gasteiger partial charge in [-0.15, -0.1) is 12.4 Å². The molecule has 2 rings (SSSR count). The number of carbonyl (C=O) groups excluding carboxylic acids is 1. The summed E-state index contributed by atoms with van der Waals surface area (Å²) >= 11 is 0. The molecular formula is C12H15ClFN3O3. The highest BCUT2D eigenvalue weighted by Crippen LogP contribution is 2.16. The number of hydrogen-bond donors (Lipinski definition) is 2. The van der Waals surface area contributed by atoms with Crippen LogP contribution in [0.25, 0.3) is 0 Å². The van der Waals surface area contributed by atoms with Gasteiger partial charge in [-0.25, -0.2) is 4.39 Å². The molecule has 8 heteroatoms. The van der Waals surface area contributed by atoms with Crippen LogP contribution in [0.3, 0.4) is 0 Å². The molecule has 1 aromatic rings. The second kappa shape index (κ2) is 7.16. The molecule has 6 nitrogen and oxygen atoms in total. The molecule has 0 aromatic heterocycles. The minimum absolute atomic E-state index is 0. The monoisotopic (exact) mass is 303 g/mol. The predicted octanol–water partition coefficient (Wildman–Crippen LogP) is 1.64. The molecule has 0 radical (unpaired) electrons. The van der Waals surface area contributed by atoms with Gasteiger partial charge in [0.1, 0.15) is 5.82 Å². The van der Waals surface area contributed by atoms with Gasteiger partial charge in [0.15, 0.2) is 0 Å². The molecule has 1 heterocycles. The maximum absolute atomic E-state index is 13.6. The first-order valence-electron chi connectivity index (χ1n) is 6.03. The van der Waals surface area contributed by atoms with Gasteiger partial charge in [0.05, 0.1) is 16.6 Å². The summed E-state index contributed by atoms with van der Waals surface area (Å²) in [6.45, 7) is 1.57. The van der Waals surface area contributed by atoms with Gasteiger partial charge >= 0.3 is 0 Å². The van der Waals surface area contributed by atoms with E-state index in [1.165, 1.54) is 0 Å². The zero-order valence-electron chi connectivity index (χ0n) is 10.6. The van der Waals surface area contributed by atoms with Crippen LogP contribution in [0.2, 0.25) is 0 Å². The normalized spacial score (nSPS) is 17.9. The number of nitro groups is 1. The number of nitrogens with one attached hydrogen (secondary N) is 2. The Labute approximate surface area is 121 Å². The fourth-order valence-electron chi connectivity index (χ4n) is 2.04. The van der Waals surface area contributed by atoms with E-state index in [0.717, 1.165) is 37.6 Å². The Bertz CT molecular complexity index is 507. The summed E-state index contributed by atoms with van der Waals surface area (Å²) in [7, 11) is 0. The Kier molecular flexibility index (Phi) is 5.84. The third-order valence-corrected chi connectivity index (χ3v) is 3.04. The molecule has 1 aromatic carbocycles. The first-order chi connectivity index (χ1) is 9.08. The van der Waals surface area contributed by atoms with E-state index >= 15 is 0 Å². The van der Waals surface area contributed by atoms with Gasteiger partial charge in [-0.1, -0.05) is 0 Å². The highest BCUT2D eigenvalue weighted by Gasteiger charge is 2.20. The van der Waals surface area contributed by atoms with Crippen LogP contribution in [0.4, 0.5) is 10.1 Å². The quantitative estimate of drug-likeness (QED) is 0.657. The van der Waals surface area contributed by atoms with Crippen molar-refractivity contribution in [1.29, 1.82) is 0 Å². The van der Waals surface area contributed by atoms with Gasteiger partial charge in [0.25, 0.3) is 11.6 Å². The van der Waals surface area contributed by atoms with Crippen molar-refractivity contribution in [2.24, 2.45) is 0 Å². The predicted molar refractivity (Wildman–Crippen MR) is 73.7 cm³/mol. The largest absolute Gasteiger partial charge is 0.348 e. The third kappa shape index (κ3) is 3.88. The van der Waals surface area contributed by atoms with E-state index in [2.05, 4.69) is 10.6 Å². The lowest BCUT2D eigenvalue weighted by Crippen LogP contribution is -2.45. The summed E-state index contributed by atoms with van der Waals surface area (Å²) < 4.78 is 13.6. The van der Waals surface area contributed by atoms with Crippen molar-refractivity contribution in [1.82, 2.24) is 10.6 Å². The van der Waals surface area contributed by atoms with Crippen LogP contribution >= 0.6 is 12.4 Å². The van der Waals surface area contributed by atoms with Crippen LogP contribution in [0, 0.1) is 15.9 Å². The molecule has 1 atom stereocenters.